The van der Waals surface area contributed by atoms with Crippen molar-refractivity contribution in [1.29, 1.82) is 0 Å². The van der Waals surface area contributed by atoms with Crippen molar-refractivity contribution in [3.05, 3.63) is 65.9 Å². The Bertz CT molecular complexity index is 1000. The fourth-order valence-electron chi connectivity index (χ4n) is 3.32. The van der Waals surface area contributed by atoms with E-state index in [1.165, 1.54) is 0 Å². The van der Waals surface area contributed by atoms with E-state index in [4.69, 9.17) is 0 Å². The van der Waals surface area contributed by atoms with Crippen LogP contribution < -0.4 is 15.1 Å². The van der Waals surface area contributed by atoms with Gasteiger partial charge in [-0.3, -0.25) is 4.79 Å². The van der Waals surface area contributed by atoms with Gasteiger partial charge in [0.05, 0.1) is 0 Å². The molecular weight excluding hydrogens is 366 g/mol. The second kappa shape index (κ2) is 8.22. The third-order valence-electron chi connectivity index (χ3n) is 4.89. The van der Waals surface area contributed by atoms with E-state index >= 15 is 0 Å². The van der Waals surface area contributed by atoms with Gasteiger partial charge in [-0.1, -0.05) is 18.2 Å². The summed E-state index contributed by atoms with van der Waals surface area (Å²) < 4.78 is 0. The molecule has 8 nitrogen and oxygen atoms in total. The number of para-hydroxylation sites is 1. The fraction of sp³-hybridized carbons (Fsp3) is 0.286. The number of aromatic nitrogens is 4. The van der Waals surface area contributed by atoms with Gasteiger partial charge in [-0.15, -0.1) is 0 Å². The monoisotopic (exact) mass is 389 g/mol. The highest BCUT2D eigenvalue weighted by molar-refractivity contribution is 6.03. The first-order valence-electron chi connectivity index (χ1n) is 9.60. The highest BCUT2D eigenvalue weighted by atomic mass is 16.1. The number of aryl methyl sites for hydroxylation is 2. The Morgan fingerprint density at radius 2 is 1.62 bits per heavy atom. The Hall–Kier alpha value is -3.55. The summed E-state index contributed by atoms with van der Waals surface area (Å²) in [5, 5.41) is 2.94. The lowest BCUT2D eigenvalue weighted by Crippen LogP contribution is -2.47. The van der Waals surface area contributed by atoms with E-state index in [9.17, 15) is 4.79 Å². The summed E-state index contributed by atoms with van der Waals surface area (Å²) in [6.45, 7) is 6.89. The quantitative estimate of drug-likeness (QED) is 0.733. The molecule has 0 spiro atoms. The Kier molecular flexibility index (Phi) is 5.33. The summed E-state index contributed by atoms with van der Waals surface area (Å²) >= 11 is 0. The van der Waals surface area contributed by atoms with Crippen molar-refractivity contribution in [2.45, 2.75) is 13.8 Å². The lowest BCUT2D eigenvalue weighted by molar-refractivity contribution is 0.102. The number of nitrogens with zero attached hydrogens (tertiary/aromatic N) is 6. The largest absolute Gasteiger partial charge is 0.353 e. The number of hydrogen-bond donors (Lipinski definition) is 1. The lowest BCUT2D eigenvalue weighted by atomic mass is 10.2. The van der Waals surface area contributed by atoms with Crippen molar-refractivity contribution in [3.8, 4) is 0 Å². The first-order chi connectivity index (χ1) is 14.1. The van der Waals surface area contributed by atoms with Crippen LogP contribution in [0.3, 0.4) is 0 Å². The Balaban J connectivity index is 1.47. The SMILES string of the molecule is Cc1nc(C(=O)Nc2ccccc2C)cc(N2CCN(c3ncccn3)CC2)n1. The molecule has 2 aromatic heterocycles. The molecule has 3 aromatic rings. The van der Waals surface area contributed by atoms with E-state index in [2.05, 4.69) is 35.1 Å². The first-order valence-corrected chi connectivity index (χ1v) is 9.60. The lowest BCUT2D eigenvalue weighted by Gasteiger charge is -2.35. The van der Waals surface area contributed by atoms with Crippen LogP contribution in [0.25, 0.3) is 0 Å². The van der Waals surface area contributed by atoms with Crippen molar-refractivity contribution < 1.29 is 4.79 Å². The molecule has 0 atom stereocenters. The second-order valence-corrected chi connectivity index (χ2v) is 6.95. The Labute approximate surface area is 169 Å². The molecule has 1 N–H and O–H groups in total. The van der Waals surface area contributed by atoms with Crippen LogP contribution in [0.2, 0.25) is 0 Å². The molecular formula is C21H23N7O. The van der Waals surface area contributed by atoms with Gasteiger partial charge in [0.15, 0.2) is 0 Å². The molecule has 1 fully saturated rings. The minimum absolute atomic E-state index is 0.234. The van der Waals surface area contributed by atoms with Gasteiger partial charge in [-0.25, -0.2) is 19.9 Å². The highest BCUT2D eigenvalue weighted by Crippen LogP contribution is 2.19. The zero-order valence-corrected chi connectivity index (χ0v) is 16.5. The summed E-state index contributed by atoms with van der Waals surface area (Å²) in [7, 11) is 0. The van der Waals surface area contributed by atoms with E-state index < -0.39 is 0 Å². The molecule has 8 heteroatoms. The van der Waals surface area contributed by atoms with Crippen LogP contribution in [0, 0.1) is 13.8 Å². The van der Waals surface area contributed by atoms with Gasteiger partial charge in [-0.05, 0) is 31.5 Å². The van der Waals surface area contributed by atoms with Crippen LogP contribution in [-0.4, -0.2) is 52.0 Å². The Morgan fingerprint density at radius 1 is 0.931 bits per heavy atom. The number of carbonyl (C=O) groups is 1. The maximum atomic E-state index is 12.7. The molecule has 0 unspecified atom stereocenters. The van der Waals surface area contributed by atoms with Crippen LogP contribution in [0.1, 0.15) is 21.9 Å². The Morgan fingerprint density at radius 3 is 2.34 bits per heavy atom. The maximum Gasteiger partial charge on any atom is 0.274 e. The number of hydrogen-bond acceptors (Lipinski definition) is 7. The zero-order valence-electron chi connectivity index (χ0n) is 16.5. The van der Waals surface area contributed by atoms with Gasteiger partial charge in [0, 0.05) is 50.3 Å². The van der Waals surface area contributed by atoms with E-state index in [0.717, 1.165) is 49.2 Å². The second-order valence-electron chi connectivity index (χ2n) is 6.95. The third kappa shape index (κ3) is 4.31. The normalized spacial score (nSPS) is 14.0. The number of piperazine rings is 1. The molecule has 0 saturated carbocycles. The molecule has 0 radical (unpaired) electrons. The number of rotatable bonds is 4. The standard InChI is InChI=1S/C21H23N7O/c1-15-6-3-4-7-17(15)26-20(29)18-14-19(25-16(2)24-18)27-10-12-28(13-11-27)21-22-8-5-9-23-21/h3-9,14H,10-13H2,1-2H3,(H,26,29). The van der Waals surface area contributed by atoms with Crippen molar-refractivity contribution in [2.75, 3.05) is 41.3 Å². The molecule has 0 bridgehead atoms. The summed E-state index contributed by atoms with van der Waals surface area (Å²) in [6.07, 6.45) is 3.50. The van der Waals surface area contributed by atoms with E-state index in [-0.39, 0.29) is 5.91 Å². The van der Waals surface area contributed by atoms with Crippen LogP contribution in [-0.2, 0) is 0 Å². The van der Waals surface area contributed by atoms with Crippen LogP contribution >= 0.6 is 0 Å². The molecule has 0 aliphatic carbocycles. The van der Waals surface area contributed by atoms with Crippen molar-refractivity contribution in [3.63, 3.8) is 0 Å². The number of carbonyl (C=O) groups excluding carboxylic acids is 1. The average Bonchev–Trinajstić information content (AvgIpc) is 2.75. The van der Waals surface area contributed by atoms with Gasteiger partial charge in [-0.2, -0.15) is 0 Å². The average molecular weight is 389 g/mol. The molecule has 4 rings (SSSR count). The summed E-state index contributed by atoms with van der Waals surface area (Å²) in [6, 6.07) is 11.3. The summed E-state index contributed by atoms with van der Waals surface area (Å²) in [4.78, 5) is 34.6. The fourth-order valence-corrected chi connectivity index (χ4v) is 3.32. The topological polar surface area (TPSA) is 87.1 Å². The van der Waals surface area contributed by atoms with Crippen molar-refractivity contribution >= 4 is 23.4 Å². The molecule has 29 heavy (non-hydrogen) atoms. The van der Waals surface area contributed by atoms with Crippen molar-refractivity contribution in [2.24, 2.45) is 0 Å². The minimum Gasteiger partial charge on any atom is -0.353 e. The molecule has 1 saturated heterocycles. The molecule has 1 aliphatic heterocycles. The van der Waals surface area contributed by atoms with Gasteiger partial charge < -0.3 is 15.1 Å². The van der Waals surface area contributed by atoms with Crippen LogP contribution in [0.5, 0.6) is 0 Å². The van der Waals surface area contributed by atoms with Gasteiger partial charge >= 0.3 is 0 Å². The van der Waals surface area contributed by atoms with E-state index in [1.807, 2.05) is 44.2 Å². The molecule has 3 heterocycles. The van der Waals surface area contributed by atoms with E-state index in [0.29, 0.717) is 11.5 Å². The predicted molar refractivity (Wildman–Crippen MR) is 112 cm³/mol. The predicted octanol–water partition coefficient (Wildman–Crippen LogP) is 2.46. The zero-order chi connectivity index (χ0) is 20.2. The van der Waals surface area contributed by atoms with Gasteiger partial charge in [0.25, 0.3) is 5.91 Å². The molecule has 1 aliphatic rings. The van der Waals surface area contributed by atoms with Crippen molar-refractivity contribution in [1.82, 2.24) is 19.9 Å². The van der Waals surface area contributed by atoms with Crippen LogP contribution in [0.4, 0.5) is 17.5 Å². The molecule has 1 amide bonds. The third-order valence-corrected chi connectivity index (χ3v) is 4.89. The smallest absolute Gasteiger partial charge is 0.274 e. The first kappa shape index (κ1) is 18.8. The maximum absolute atomic E-state index is 12.7. The van der Waals surface area contributed by atoms with Gasteiger partial charge in [0.2, 0.25) is 5.95 Å². The minimum atomic E-state index is -0.234. The number of amides is 1. The van der Waals surface area contributed by atoms with Crippen LogP contribution in [0.15, 0.2) is 48.8 Å². The van der Waals surface area contributed by atoms with E-state index in [1.54, 1.807) is 18.5 Å². The summed E-state index contributed by atoms with van der Waals surface area (Å²) in [5.41, 5.74) is 2.16. The highest BCUT2D eigenvalue weighted by Gasteiger charge is 2.21. The molecule has 1 aromatic carbocycles. The summed E-state index contributed by atoms with van der Waals surface area (Å²) in [5.74, 6) is 1.85. The molecule has 148 valence electrons. The number of benzene rings is 1. The number of nitrogens with one attached hydrogen (secondary N) is 1. The number of anilines is 3. The van der Waals surface area contributed by atoms with Gasteiger partial charge in [0.1, 0.15) is 17.3 Å².